The van der Waals surface area contributed by atoms with E-state index in [0.29, 0.717) is 19.5 Å². The molecule has 1 aliphatic heterocycles. The van der Waals surface area contributed by atoms with Crippen LogP contribution in [0.15, 0.2) is 0 Å². The van der Waals surface area contributed by atoms with Gasteiger partial charge in [-0.2, -0.15) is 0 Å². The lowest BCUT2D eigenvalue weighted by Crippen LogP contribution is -2.47. The summed E-state index contributed by atoms with van der Waals surface area (Å²) < 4.78 is 34.8. The van der Waals surface area contributed by atoms with Gasteiger partial charge in [0.2, 0.25) is 10.0 Å². The van der Waals surface area contributed by atoms with Gasteiger partial charge in [0.15, 0.2) is 6.29 Å². The molecule has 1 heterocycles. The molecule has 1 saturated heterocycles. The van der Waals surface area contributed by atoms with E-state index in [1.807, 2.05) is 0 Å². The van der Waals surface area contributed by atoms with E-state index < -0.39 is 21.9 Å². The summed E-state index contributed by atoms with van der Waals surface area (Å²) >= 11 is 0. The number of sulfonamides is 1. The maximum Gasteiger partial charge on any atom is 0.211 e. The van der Waals surface area contributed by atoms with Crippen LogP contribution in [0.5, 0.6) is 0 Å². The van der Waals surface area contributed by atoms with Crippen molar-refractivity contribution in [1.29, 1.82) is 0 Å². The summed E-state index contributed by atoms with van der Waals surface area (Å²) in [6.07, 6.45) is 2.69. The van der Waals surface area contributed by atoms with Gasteiger partial charge in [-0.05, 0) is 32.1 Å². The third-order valence-electron chi connectivity index (χ3n) is 3.59. The number of hydrogen-bond donors (Lipinski definition) is 1. The fraction of sp³-hybridized carbons (Fsp3) is 1.00. The predicted octanol–water partition coefficient (Wildman–Crippen LogP) is 0.418. The zero-order chi connectivity index (χ0) is 14.7. The van der Waals surface area contributed by atoms with Gasteiger partial charge in [-0.1, -0.05) is 0 Å². The van der Waals surface area contributed by atoms with Crippen LogP contribution in [0.3, 0.4) is 0 Å². The molecular weight excluding hydrogens is 270 g/mol. The lowest BCUT2D eigenvalue weighted by Gasteiger charge is -2.37. The van der Waals surface area contributed by atoms with Gasteiger partial charge >= 0.3 is 0 Å². The minimum absolute atomic E-state index is 0.117. The zero-order valence-electron chi connectivity index (χ0n) is 12.1. The van der Waals surface area contributed by atoms with Gasteiger partial charge in [-0.15, -0.1) is 0 Å². The number of hydrogen-bond acceptors (Lipinski definition) is 5. The minimum Gasteiger partial charge on any atom is -0.385 e. The van der Waals surface area contributed by atoms with Crippen molar-refractivity contribution < 1.29 is 23.0 Å². The largest absolute Gasteiger partial charge is 0.385 e. The van der Waals surface area contributed by atoms with Gasteiger partial charge in [-0.3, -0.25) is 0 Å². The Bertz CT molecular complexity index is 378. The Balaban J connectivity index is 2.66. The molecule has 2 atom stereocenters. The van der Waals surface area contributed by atoms with Gasteiger partial charge < -0.3 is 14.6 Å². The van der Waals surface area contributed by atoms with Crippen LogP contribution in [0.1, 0.15) is 26.2 Å². The highest BCUT2D eigenvalue weighted by atomic mass is 32.2. The minimum atomic E-state index is -3.16. The molecule has 2 unspecified atom stereocenters. The molecular formula is C12H25NO5S. The molecule has 1 rings (SSSR count). The highest BCUT2D eigenvalue weighted by molar-refractivity contribution is 7.88. The Morgan fingerprint density at radius 2 is 2.00 bits per heavy atom. The average molecular weight is 295 g/mol. The summed E-state index contributed by atoms with van der Waals surface area (Å²) in [5.41, 5.74) is -1.13. The van der Waals surface area contributed by atoms with Crippen LogP contribution in [0.25, 0.3) is 0 Å². The zero-order valence-corrected chi connectivity index (χ0v) is 12.9. The first-order valence-corrected chi connectivity index (χ1v) is 8.28. The summed E-state index contributed by atoms with van der Waals surface area (Å²) in [7, 11) is -0.200. The van der Waals surface area contributed by atoms with E-state index in [9.17, 15) is 13.5 Å². The van der Waals surface area contributed by atoms with Crippen molar-refractivity contribution in [3.05, 3.63) is 0 Å². The van der Waals surface area contributed by atoms with Crippen molar-refractivity contribution >= 4 is 10.0 Å². The number of ether oxygens (including phenoxy) is 2. The molecule has 0 aromatic heterocycles. The van der Waals surface area contributed by atoms with Gasteiger partial charge in [0.1, 0.15) is 5.60 Å². The van der Waals surface area contributed by atoms with E-state index in [-0.39, 0.29) is 5.92 Å². The second-order valence-corrected chi connectivity index (χ2v) is 7.48. The Morgan fingerprint density at radius 1 is 1.42 bits per heavy atom. The van der Waals surface area contributed by atoms with Crippen LogP contribution in [0.2, 0.25) is 0 Å². The first-order chi connectivity index (χ1) is 8.70. The number of methoxy groups -OCH3 is 2. The molecule has 0 radical (unpaired) electrons. The van der Waals surface area contributed by atoms with Crippen LogP contribution < -0.4 is 0 Å². The maximum atomic E-state index is 11.6. The second-order valence-electron chi connectivity index (χ2n) is 5.49. The molecule has 6 nitrogen and oxygen atoms in total. The lowest BCUT2D eigenvalue weighted by molar-refractivity contribution is -0.214. The van der Waals surface area contributed by atoms with Crippen molar-refractivity contribution in [2.24, 2.45) is 5.92 Å². The van der Waals surface area contributed by atoms with Crippen molar-refractivity contribution in [2.75, 3.05) is 33.6 Å². The topological polar surface area (TPSA) is 76.1 Å². The molecule has 1 N–H and O–H groups in total. The molecule has 114 valence electrons. The van der Waals surface area contributed by atoms with Crippen LogP contribution in [0.4, 0.5) is 0 Å². The number of piperidine rings is 1. The number of rotatable bonds is 6. The smallest absolute Gasteiger partial charge is 0.211 e. The Labute approximate surface area is 115 Å². The molecule has 0 aromatic rings. The van der Waals surface area contributed by atoms with Gasteiger partial charge in [0, 0.05) is 27.3 Å². The summed E-state index contributed by atoms with van der Waals surface area (Å²) in [4.78, 5) is 0. The SMILES string of the molecule is COC(OC)C(C)(O)CC1CCCN(S(C)(=O)=O)C1. The van der Waals surface area contributed by atoms with E-state index in [2.05, 4.69) is 0 Å². The normalized spacial score (nSPS) is 25.5. The monoisotopic (exact) mass is 295 g/mol. The van der Waals surface area contributed by atoms with E-state index in [4.69, 9.17) is 9.47 Å². The molecule has 1 fully saturated rings. The Kier molecular flexibility index (Phi) is 5.76. The summed E-state index contributed by atoms with van der Waals surface area (Å²) in [6, 6.07) is 0. The van der Waals surface area contributed by atoms with E-state index >= 15 is 0 Å². The van der Waals surface area contributed by atoms with Crippen molar-refractivity contribution in [2.45, 2.75) is 38.1 Å². The molecule has 0 spiro atoms. The molecule has 0 bridgehead atoms. The number of aliphatic hydroxyl groups is 1. The molecule has 0 amide bonds. The van der Waals surface area contributed by atoms with E-state index in [0.717, 1.165) is 12.8 Å². The Hall–Kier alpha value is -0.210. The van der Waals surface area contributed by atoms with E-state index in [1.54, 1.807) is 6.92 Å². The van der Waals surface area contributed by atoms with Crippen LogP contribution in [0, 0.1) is 5.92 Å². The third kappa shape index (κ3) is 4.68. The van der Waals surface area contributed by atoms with Gasteiger partial charge in [0.25, 0.3) is 0 Å². The highest BCUT2D eigenvalue weighted by Gasteiger charge is 2.37. The third-order valence-corrected chi connectivity index (χ3v) is 4.86. The number of nitrogens with zero attached hydrogens (tertiary/aromatic N) is 1. The molecule has 0 saturated carbocycles. The van der Waals surface area contributed by atoms with Crippen molar-refractivity contribution in [3.8, 4) is 0 Å². The summed E-state index contributed by atoms with van der Waals surface area (Å²) in [5.74, 6) is 0.117. The fourth-order valence-electron chi connectivity index (χ4n) is 2.78. The first-order valence-electron chi connectivity index (χ1n) is 6.44. The molecule has 0 aliphatic carbocycles. The van der Waals surface area contributed by atoms with Crippen molar-refractivity contribution in [1.82, 2.24) is 4.31 Å². The van der Waals surface area contributed by atoms with Crippen LogP contribution in [-0.4, -0.2) is 63.3 Å². The van der Waals surface area contributed by atoms with Crippen LogP contribution in [-0.2, 0) is 19.5 Å². The summed E-state index contributed by atoms with van der Waals surface area (Å²) in [6.45, 7) is 2.68. The quantitative estimate of drug-likeness (QED) is 0.719. The van der Waals surface area contributed by atoms with Gasteiger partial charge in [0.05, 0.1) is 6.26 Å². The van der Waals surface area contributed by atoms with Crippen molar-refractivity contribution in [3.63, 3.8) is 0 Å². The fourth-order valence-corrected chi connectivity index (χ4v) is 3.72. The maximum absolute atomic E-state index is 11.6. The lowest BCUT2D eigenvalue weighted by atomic mass is 9.86. The highest BCUT2D eigenvalue weighted by Crippen LogP contribution is 2.29. The van der Waals surface area contributed by atoms with Crippen LogP contribution >= 0.6 is 0 Å². The Morgan fingerprint density at radius 3 is 2.47 bits per heavy atom. The molecule has 19 heavy (non-hydrogen) atoms. The standard InChI is InChI=1S/C12H25NO5S/c1-12(14,11(17-2)18-3)8-10-6-5-7-13(9-10)19(4,15)16/h10-11,14H,5-9H2,1-4H3. The first kappa shape index (κ1) is 16.8. The average Bonchev–Trinajstić information content (AvgIpc) is 2.28. The molecule has 7 heteroatoms. The van der Waals surface area contributed by atoms with Gasteiger partial charge in [-0.25, -0.2) is 12.7 Å². The van der Waals surface area contributed by atoms with E-state index in [1.165, 1.54) is 24.8 Å². The molecule has 1 aliphatic rings. The second kappa shape index (κ2) is 6.49. The predicted molar refractivity (Wildman–Crippen MR) is 72.2 cm³/mol. The molecule has 0 aromatic carbocycles. The summed E-state index contributed by atoms with van der Waals surface area (Å²) in [5, 5.41) is 10.4.